The van der Waals surface area contributed by atoms with Crippen LogP contribution in [0.5, 0.6) is 11.5 Å². The van der Waals surface area contributed by atoms with E-state index in [1.54, 1.807) is 32.6 Å². The number of methoxy groups -OCH3 is 2. The second-order valence-corrected chi connectivity index (χ2v) is 16.7. The van der Waals surface area contributed by atoms with Gasteiger partial charge in [0, 0.05) is 24.4 Å². The first-order valence-corrected chi connectivity index (χ1v) is 21.2. The molecule has 0 saturated carbocycles. The summed E-state index contributed by atoms with van der Waals surface area (Å²) < 4.78 is 42.5. The topological polar surface area (TPSA) is 175 Å². The van der Waals surface area contributed by atoms with Crippen LogP contribution in [0, 0.1) is 17.2 Å². The van der Waals surface area contributed by atoms with Gasteiger partial charge >= 0.3 is 0 Å². The molecule has 1 aliphatic rings. The zero-order chi connectivity index (χ0) is 43.0. The Kier molecular flexibility index (Phi) is 14.7. The number of H-pyrrole nitrogens is 1. The Labute approximate surface area is 351 Å². The van der Waals surface area contributed by atoms with Crippen molar-refractivity contribution in [2.24, 2.45) is 5.92 Å². The third kappa shape index (κ3) is 9.71. The normalized spacial score (nSPS) is 17.4. The van der Waals surface area contributed by atoms with E-state index in [1.807, 2.05) is 78.9 Å². The van der Waals surface area contributed by atoms with Crippen molar-refractivity contribution >= 4 is 31.5 Å². The van der Waals surface area contributed by atoms with Gasteiger partial charge < -0.3 is 28.0 Å². The lowest BCUT2D eigenvalue weighted by Crippen LogP contribution is -2.39. The number of benzene rings is 3. The monoisotopic (exact) mass is 839 g/mol. The summed E-state index contributed by atoms with van der Waals surface area (Å²) in [5, 5.41) is 12.1. The minimum atomic E-state index is -1.70. The molecule has 4 atom stereocenters. The summed E-state index contributed by atoms with van der Waals surface area (Å²) in [6.07, 6.45) is -0.0106. The molecule has 6 rings (SSSR count). The molecule has 0 spiro atoms. The summed E-state index contributed by atoms with van der Waals surface area (Å²) in [4.78, 5) is 37.4. The van der Waals surface area contributed by atoms with Crippen LogP contribution in [0.1, 0.15) is 77.3 Å². The molecule has 0 radical (unpaired) electrons. The Hall–Kier alpha value is -5.20. The third-order valence-corrected chi connectivity index (χ3v) is 12.4. The van der Waals surface area contributed by atoms with Crippen molar-refractivity contribution in [2.45, 2.75) is 90.5 Å². The number of aromatic nitrogens is 4. The number of nitriles is 1. The molecular formula is C44H54N7O8P. The van der Waals surface area contributed by atoms with Crippen molar-refractivity contribution in [3.8, 4) is 17.6 Å². The van der Waals surface area contributed by atoms with E-state index in [0.717, 1.165) is 16.7 Å². The van der Waals surface area contributed by atoms with Crippen LogP contribution in [-0.4, -0.2) is 81.8 Å². The fourth-order valence-electron chi connectivity index (χ4n) is 7.28. The summed E-state index contributed by atoms with van der Waals surface area (Å²) in [5.74, 6) is 0.758. The molecular weight excluding hydrogens is 785 g/mol. The van der Waals surface area contributed by atoms with Gasteiger partial charge in [-0.1, -0.05) is 68.4 Å². The van der Waals surface area contributed by atoms with Crippen molar-refractivity contribution in [3.05, 3.63) is 112 Å². The van der Waals surface area contributed by atoms with Gasteiger partial charge in [0.15, 0.2) is 11.2 Å². The molecule has 1 amide bonds. The SMILES string of the molecule is COc1ccc(C(OC[C@H]2O[C@H](n3cnc4c(=O)[nH]c(NC(=O)C(C)C)nc43)C[C@H]2OP(OCCC#N)N(C(C)C)C(C)C)(c2ccccc2)c2ccc(OC)cc2)cc1. The fraction of sp³-hybridized carbons (Fsp3) is 0.432. The smallest absolute Gasteiger partial charge is 0.280 e. The Morgan fingerprint density at radius 2 is 1.57 bits per heavy atom. The van der Waals surface area contributed by atoms with E-state index < -0.39 is 38.1 Å². The zero-order valence-electron chi connectivity index (χ0n) is 35.3. The highest BCUT2D eigenvalue weighted by Crippen LogP contribution is 2.51. The molecule has 1 saturated heterocycles. The van der Waals surface area contributed by atoms with E-state index >= 15 is 0 Å². The van der Waals surface area contributed by atoms with Gasteiger partial charge in [-0.2, -0.15) is 10.2 Å². The number of anilines is 1. The second kappa shape index (κ2) is 19.9. The van der Waals surface area contributed by atoms with Crippen LogP contribution < -0.4 is 20.3 Å². The van der Waals surface area contributed by atoms with Crippen LogP contribution in [-0.2, 0) is 28.9 Å². The standard InChI is InChI=1S/C44H54N7O8P/c1-28(2)41(52)48-43-47-40-39(42(53)49-43)46-27-50(40)38-25-36(59-60(57-24-12-23-45)51(29(3)4)30(5)6)37(58-38)26-56-44(31-13-10-9-11-14-31,32-15-19-34(54-7)20-16-32)33-17-21-35(55-8)22-18-33/h9-11,13-22,27-30,36-38H,12,24-26H2,1-8H3,(H2,47,48,49,52,53)/t36-,37-,38+,60?/m1/s1. The molecule has 1 aliphatic heterocycles. The Morgan fingerprint density at radius 3 is 2.12 bits per heavy atom. The maximum Gasteiger partial charge on any atom is 0.280 e. The maximum absolute atomic E-state index is 13.2. The highest BCUT2D eigenvalue weighted by Gasteiger charge is 2.45. The third-order valence-electron chi connectivity index (χ3n) is 10.2. The fourth-order valence-corrected chi connectivity index (χ4v) is 9.04. The quantitative estimate of drug-likeness (QED) is 0.0472. The predicted octanol–water partition coefficient (Wildman–Crippen LogP) is 7.69. The minimum Gasteiger partial charge on any atom is -0.497 e. The molecule has 60 heavy (non-hydrogen) atoms. The second-order valence-electron chi connectivity index (χ2n) is 15.3. The van der Waals surface area contributed by atoms with E-state index in [9.17, 15) is 14.9 Å². The first-order valence-electron chi connectivity index (χ1n) is 20.1. The Balaban J connectivity index is 1.45. The van der Waals surface area contributed by atoms with Gasteiger partial charge in [0.2, 0.25) is 11.9 Å². The molecule has 16 heteroatoms. The van der Waals surface area contributed by atoms with Gasteiger partial charge in [0.25, 0.3) is 14.1 Å². The van der Waals surface area contributed by atoms with Gasteiger partial charge in [0.1, 0.15) is 29.4 Å². The van der Waals surface area contributed by atoms with E-state index in [0.29, 0.717) is 17.9 Å². The van der Waals surface area contributed by atoms with E-state index in [1.165, 1.54) is 6.33 Å². The number of carbonyl (C=O) groups excluding carboxylic acids is 1. The van der Waals surface area contributed by atoms with Crippen LogP contribution in [0.3, 0.4) is 0 Å². The lowest BCUT2D eigenvalue weighted by molar-refractivity contribution is -0.118. The molecule has 0 bridgehead atoms. The van der Waals surface area contributed by atoms with Crippen molar-refractivity contribution in [3.63, 3.8) is 0 Å². The molecule has 15 nitrogen and oxygen atoms in total. The van der Waals surface area contributed by atoms with Gasteiger partial charge in [-0.05, 0) is 68.7 Å². The first-order chi connectivity index (χ1) is 28.9. The summed E-state index contributed by atoms with van der Waals surface area (Å²) in [6, 6.07) is 27.8. The Morgan fingerprint density at radius 1 is 0.967 bits per heavy atom. The molecule has 1 fully saturated rings. The average molecular weight is 840 g/mol. The number of amides is 1. The summed E-state index contributed by atoms with van der Waals surface area (Å²) >= 11 is 0. The molecule has 3 aromatic carbocycles. The first kappa shape index (κ1) is 44.4. The molecule has 2 N–H and O–H groups in total. The van der Waals surface area contributed by atoms with Gasteiger partial charge in [-0.25, -0.2) is 9.65 Å². The number of nitrogens with zero attached hydrogens (tertiary/aromatic N) is 5. The molecule has 318 valence electrons. The van der Waals surface area contributed by atoms with Crippen LogP contribution >= 0.6 is 8.53 Å². The number of nitrogens with one attached hydrogen (secondary N) is 2. The summed E-state index contributed by atoms with van der Waals surface area (Å²) in [6.45, 7) is 12.0. The number of rotatable bonds is 19. The maximum atomic E-state index is 13.2. The van der Waals surface area contributed by atoms with Crippen molar-refractivity contribution in [2.75, 3.05) is 32.8 Å². The summed E-state index contributed by atoms with van der Waals surface area (Å²) in [5.41, 5.74) is 1.24. The number of carbonyl (C=O) groups is 1. The van der Waals surface area contributed by atoms with Crippen molar-refractivity contribution in [1.82, 2.24) is 24.2 Å². The number of hydrogen-bond donors (Lipinski definition) is 2. The molecule has 3 heterocycles. The van der Waals surface area contributed by atoms with E-state index in [-0.39, 0.29) is 60.7 Å². The molecule has 0 aliphatic carbocycles. The van der Waals surface area contributed by atoms with Gasteiger partial charge in [0.05, 0.1) is 52.4 Å². The van der Waals surface area contributed by atoms with Crippen molar-refractivity contribution in [1.29, 1.82) is 5.26 Å². The van der Waals surface area contributed by atoms with Crippen molar-refractivity contribution < 1.29 is 32.8 Å². The average Bonchev–Trinajstić information content (AvgIpc) is 3.85. The van der Waals surface area contributed by atoms with Crippen LogP contribution in [0.25, 0.3) is 11.2 Å². The number of ether oxygens (including phenoxy) is 4. The Bertz CT molecular complexity index is 2220. The minimum absolute atomic E-state index is 0.00387. The van der Waals surface area contributed by atoms with Crippen LogP contribution in [0.15, 0.2) is 90.0 Å². The number of hydrogen-bond acceptors (Lipinski definition) is 12. The van der Waals surface area contributed by atoms with E-state index in [2.05, 4.69) is 58.7 Å². The highest BCUT2D eigenvalue weighted by molar-refractivity contribution is 7.44. The van der Waals surface area contributed by atoms with Crippen LogP contribution in [0.4, 0.5) is 5.95 Å². The lowest BCUT2D eigenvalue weighted by atomic mass is 9.80. The highest BCUT2D eigenvalue weighted by atomic mass is 31.2. The lowest BCUT2D eigenvalue weighted by Gasteiger charge is -2.39. The predicted molar refractivity (Wildman–Crippen MR) is 228 cm³/mol. The summed E-state index contributed by atoms with van der Waals surface area (Å²) in [7, 11) is 1.56. The zero-order valence-corrected chi connectivity index (χ0v) is 36.2. The van der Waals surface area contributed by atoms with E-state index in [4.69, 9.17) is 28.0 Å². The van der Waals surface area contributed by atoms with Gasteiger partial charge in [-0.3, -0.25) is 24.5 Å². The molecule has 5 aromatic rings. The molecule has 2 aromatic heterocycles. The number of fused-ring (bicyclic) bond motifs is 1. The largest absolute Gasteiger partial charge is 0.497 e. The van der Waals surface area contributed by atoms with Gasteiger partial charge in [-0.15, -0.1) is 0 Å². The van der Waals surface area contributed by atoms with Crippen LogP contribution in [0.2, 0.25) is 0 Å². The molecule has 1 unspecified atom stereocenters. The number of imidazole rings is 1. The number of aromatic amines is 1.